The van der Waals surface area contributed by atoms with Crippen LogP contribution in [0.3, 0.4) is 0 Å². The van der Waals surface area contributed by atoms with Crippen molar-refractivity contribution in [1.29, 1.82) is 0 Å². The molecule has 0 atom stereocenters. The predicted octanol–water partition coefficient (Wildman–Crippen LogP) is 1.76. The monoisotopic (exact) mass is 329 g/mol. The van der Waals surface area contributed by atoms with Crippen LogP contribution in [0, 0.1) is 0 Å². The Labute approximate surface area is 139 Å². The van der Waals surface area contributed by atoms with Crippen LogP contribution in [0.4, 0.5) is 17.2 Å². The van der Waals surface area contributed by atoms with E-state index in [0.717, 1.165) is 5.69 Å². The summed E-state index contributed by atoms with van der Waals surface area (Å²) in [6.45, 7) is 1.39. The molecule has 0 aliphatic carbocycles. The van der Waals surface area contributed by atoms with E-state index in [0.29, 0.717) is 17.1 Å². The molecule has 2 N–H and O–H groups in total. The Kier molecular flexibility index (Phi) is 5.31. The summed E-state index contributed by atoms with van der Waals surface area (Å²) in [5.74, 6) is -0.0266. The smallest absolute Gasteiger partial charge is 0.258 e. The largest absolute Gasteiger partial charge is 0.480 e. The molecule has 2 amide bonds. The minimum absolute atomic E-state index is 0.260. The summed E-state index contributed by atoms with van der Waals surface area (Å²) in [4.78, 5) is 25.8. The first kappa shape index (κ1) is 17.2. The summed E-state index contributed by atoms with van der Waals surface area (Å²) < 4.78 is 4.92. The number of hydrogen-bond donors (Lipinski definition) is 2. The van der Waals surface area contributed by atoms with Gasteiger partial charge >= 0.3 is 0 Å². The van der Waals surface area contributed by atoms with E-state index in [-0.39, 0.29) is 11.7 Å². The molecule has 1 aromatic heterocycles. The molecule has 2 rings (SSSR count). The Bertz CT molecular complexity index is 744. The molecule has 0 bridgehead atoms. The minimum Gasteiger partial charge on any atom is -0.480 e. The van der Waals surface area contributed by atoms with Crippen LogP contribution in [0.15, 0.2) is 30.3 Å². The van der Waals surface area contributed by atoms with Crippen LogP contribution < -0.4 is 20.3 Å². The second-order valence-corrected chi connectivity index (χ2v) is 5.22. The zero-order valence-corrected chi connectivity index (χ0v) is 14.0. The number of hydrogen-bond acceptors (Lipinski definition) is 6. The van der Waals surface area contributed by atoms with Crippen molar-refractivity contribution in [1.82, 2.24) is 10.2 Å². The molecule has 8 heteroatoms. The van der Waals surface area contributed by atoms with Crippen LogP contribution in [-0.4, -0.2) is 43.2 Å². The van der Waals surface area contributed by atoms with Crippen LogP contribution >= 0.6 is 0 Å². The number of ether oxygens (including phenoxy) is 1. The lowest BCUT2D eigenvalue weighted by Crippen LogP contribution is -2.18. The topological polar surface area (TPSA) is 96.5 Å². The number of anilines is 3. The van der Waals surface area contributed by atoms with Crippen molar-refractivity contribution >= 4 is 29.0 Å². The Balaban J connectivity index is 2.27. The van der Waals surface area contributed by atoms with Crippen LogP contribution in [0.2, 0.25) is 0 Å². The third kappa shape index (κ3) is 4.19. The Morgan fingerprint density at radius 2 is 1.83 bits per heavy atom. The lowest BCUT2D eigenvalue weighted by atomic mass is 10.1. The number of benzene rings is 1. The van der Waals surface area contributed by atoms with E-state index in [1.165, 1.54) is 14.0 Å². The summed E-state index contributed by atoms with van der Waals surface area (Å²) >= 11 is 0. The molecule has 2 aromatic rings. The number of methoxy groups -OCH3 is 1. The lowest BCUT2D eigenvalue weighted by molar-refractivity contribution is -0.114. The number of rotatable bonds is 5. The highest BCUT2D eigenvalue weighted by Gasteiger charge is 2.15. The fraction of sp³-hybridized carbons (Fsp3) is 0.250. The number of carbonyl (C=O) groups excluding carboxylic acids is 2. The standard InChI is InChI=1S/C16H19N5O3/c1-10(22)17-13-9-11(21(2)3)5-6-12(13)16(23)18-14-7-8-15(24-4)20-19-14/h5-9H,1-4H3,(H,17,22)(H,18,19,23). The van der Waals surface area contributed by atoms with Gasteiger partial charge < -0.3 is 20.3 Å². The zero-order chi connectivity index (χ0) is 17.7. The van der Waals surface area contributed by atoms with Gasteiger partial charge in [0.25, 0.3) is 5.91 Å². The molecule has 126 valence electrons. The van der Waals surface area contributed by atoms with Gasteiger partial charge in [-0.3, -0.25) is 9.59 Å². The third-order valence-electron chi connectivity index (χ3n) is 3.17. The Hall–Kier alpha value is -3.16. The van der Waals surface area contributed by atoms with E-state index < -0.39 is 5.91 Å². The fourth-order valence-electron chi connectivity index (χ4n) is 1.98. The molecule has 8 nitrogen and oxygen atoms in total. The van der Waals surface area contributed by atoms with Gasteiger partial charge in [-0.05, 0) is 24.3 Å². The maximum Gasteiger partial charge on any atom is 0.258 e. The van der Waals surface area contributed by atoms with E-state index in [2.05, 4.69) is 20.8 Å². The van der Waals surface area contributed by atoms with Crippen molar-refractivity contribution < 1.29 is 14.3 Å². The van der Waals surface area contributed by atoms with E-state index in [1.807, 2.05) is 19.0 Å². The van der Waals surface area contributed by atoms with E-state index in [1.54, 1.807) is 30.3 Å². The van der Waals surface area contributed by atoms with Gasteiger partial charge in [-0.15, -0.1) is 10.2 Å². The molecule has 0 aliphatic heterocycles. The summed E-state index contributed by atoms with van der Waals surface area (Å²) in [5.41, 5.74) is 1.61. The first-order valence-corrected chi connectivity index (χ1v) is 7.18. The normalized spacial score (nSPS) is 10.0. The summed E-state index contributed by atoms with van der Waals surface area (Å²) in [5, 5.41) is 12.9. The van der Waals surface area contributed by atoms with Gasteiger partial charge in [-0.1, -0.05) is 0 Å². The van der Waals surface area contributed by atoms with E-state index in [4.69, 9.17) is 4.74 Å². The molecule has 0 fully saturated rings. The van der Waals surface area contributed by atoms with Crippen molar-refractivity contribution in [2.24, 2.45) is 0 Å². The van der Waals surface area contributed by atoms with Crippen molar-refractivity contribution in [3.63, 3.8) is 0 Å². The summed E-state index contributed by atoms with van der Waals surface area (Å²) in [7, 11) is 5.23. The molecule has 24 heavy (non-hydrogen) atoms. The summed E-state index contributed by atoms with van der Waals surface area (Å²) in [6, 6.07) is 8.34. The third-order valence-corrected chi connectivity index (χ3v) is 3.17. The first-order valence-electron chi connectivity index (χ1n) is 7.18. The molecule has 0 aliphatic rings. The Morgan fingerprint density at radius 1 is 1.08 bits per heavy atom. The molecule has 0 spiro atoms. The number of amides is 2. The SMILES string of the molecule is COc1ccc(NC(=O)c2ccc(N(C)C)cc2NC(C)=O)nn1. The van der Waals surface area contributed by atoms with E-state index in [9.17, 15) is 9.59 Å². The zero-order valence-electron chi connectivity index (χ0n) is 14.0. The molecular formula is C16H19N5O3. The summed E-state index contributed by atoms with van der Waals surface area (Å²) in [6.07, 6.45) is 0. The number of nitrogens with one attached hydrogen (secondary N) is 2. The van der Waals surface area contributed by atoms with Crippen LogP contribution in [0.1, 0.15) is 17.3 Å². The molecule has 1 heterocycles. The van der Waals surface area contributed by atoms with Gasteiger partial charge in [0.1, 0.15) is 0 Å². The highest BCUT2D eigenvalue weighted by Crippen LogP contribution is 2.23. The highest BCUT2D eigenvalue weighted by molar-refractivity contribution is 6.10. The van der Waals surface area contributed by atoms with Crippen LogP contribution in [-0.2, 0) is 4.79 Å². The highest BCUT2D eigenvalue weighted by atomic mass is 16.5. The second kappa shape index (κ2) is 7.40. The Morgan fingerprint density at radius 3 is 2.38 bits per heavy atom. The van der Waals surface area contributed by atoms with Crippen molar-refractivity contribution in [3.05, 3.63) is 35.9 Å². The van der Waals surface area contributed by atoms with Gasteiger partial charge in [-0.2, -0.15) is 0 Å². The van der Waals surface area contributed by atoms with Gasteiger partial charge in [0, 0.05) is 32.8 Å². The van der Waals surface area contributed by atoms with Crippen molar-refractivity contribution in [2.75, 3.05) is 36.7 Å². The molecule has 1 aromatic carbocycles. The fourth-order valence-corrected chi connectivity index (χ4v) is 1.98. The molecule has 0 saturated heterocycles. The van der Waals surface area contributed by atoms with Crippen molar-refractivity contribution in [2.45, 2.75) is 6.92 Å². The number of nitrogens with zero attached hydrogens (tertiary/aromatic N) is 3. The van der Waals surface area contributed by atoms with Gasteiger partial charge in [0.15, 0.2) is 5.82 Å². The maximum absolute atomic E-state index is 12.5. The van der Waals surface area contributed by atoms with Crippen molar-refractivity contribution in [3.8, 4) is 5.88 Å². The van der Waals surface area contributed by atoms with Gasteiger partial charge in [0.2, 0.25) is 11.8 Å². The lowest BCUT2D eigenvalue weighted by Gasteiger charge is -2.16. The molecule has 0 radical (unpaired) electrons. The molecule has 0 unspecified atom stereocenters. The average Bonchev–Trinajstić information content (AvgIpc) is 2.54. The van der Waals surface area contributed by atoms with Gasteiger partial charge in [0.05, 0.1) is 18.4 Å². The average molecular weight is 329 g/mol. The van der Waals surface area contributed by atoms with Crippen LogP contribution in [0.25, 0.3) is 0 Å². The molecule has 0 saturated carbocycles. The second-order valence-electron chi connectivity index (χ2n) is 5.22. The van der Waals surface area contributed by atoms with Gasteiger partial charge in [-0.25, -0.2) is 0 Å². The number of carbonyl (C=O) groups is 2. The maximum atomic E-state index is 12.5. The minimum atomic E-state index is -0.400. The van der Waals surface area contributed by atoms with E-state index >= 15 is 0 Å². The first-order chi connectivity index (χ1) is 11.4. The number of aromatic nitrogens is 2. The predicted molar refractivity (Wildman–Crippen MR) is 91.6 cm³/mol. The quantitative estimate of drug-likeness (QED) is 0.868. The molecular weight excluding hydrogens is 310 g/mol. The van der Waals surface area contributed by atoms with Crippen LogP contribution in [0.5, 0.6) is 5.88 Å².